The number of fused-ring (bicyclic) bond motifs is 2. The summed E-state index contributed by atoms with van der Waals surface area (Å²) in [5.41, 5.74) is -0.262. The van der Waals surface area contributed by atoms with Crippen molar-refractivity contribution < 1.29 is 19.1 Å². The van der Waals surface area contributed by atoms with Crippen LogP contribution >= 0.6 is 0 Å². The van der Waals surface area contributed by atoms with Crippen molar-refractivity contribution in [3.8, 4) is 0 Å². The Labute approximate surface area is 174 Å². The first-order valence-corrected chi connectivity index (χ1v) is 12.0. The fourth-order valence-electron chi connectivity index (χ4n) is 8.46. The molecule has 0 spiro atoms. The number of ether oxygens (including phenoxy) is 2. The van der Waals surface area contributed by atoms with Crippen molar-refractivity contribution in [1.82, 2.24) is 0 Å². The van der Waals surface area contributed by atoms with Crippen molar-refractivity contribution >= 4 is 11.9 Å². The Kier molecular flexibility index (Phi) is 4.83. The van der Waals surface area contributed by atoms with E-state index in [0.717, 1.165) is 43.4 Å². The van der Waals surface area contributed by atoms with Gasteiger partial charge < -0.3 is 9.47 Å². The van der Waals surface area contributed by atoms with E-state index in [1.165, 1.54) is 38.5 Å². The van der Waals surface area contributed by atoms with Crippen molar-refractivity contribution in [2.45, 2.75) is 83.7 Å². The van der Waals surface area contributed by atoms with Crippen molar-refractivity contribution in [3.05, 3.63) is 12.2 Å². The molecule has 6 aliphatic rings. The van der Waals surface area contributed by atoms with E-state index in [9.17, 15) is 9.59 Å². The lowest BCUT2D eigenvalue weighted by molar-refractivity contribution is -0.215. The van der Waals surface area contributed by atoms with Gasteiger partial charge in [0.2, 0.25) is 0 Å². The second-order valence-corrected chi connectivity index (χ2v) is 10.9. The monoisotopic (exact) mass is 400 g/mol. The lowest BCUT2D eigenvalue weighted by Gasteiger charge is -2.63. The third-order valence-electron chi connectivity index (χ3n) is 9.37. The van der Waals surface area contributed by atoms with Crippen LogP contribution in [0.15, 0.2) is 12.2 Å². The highest BCUT2D eigenvalue weighted by molar-refractivity contribution is 5.79. The van der Waals surface area contributed by atoms with Gasteiger partial charge in [0, 0.05) is 5.41 Å². The molecule has 3 unspecified atom stereocenters. The molecule has 5 saturated carbocycles. The molecule has 0 amide bonds. The average molecular weight is 401 g/mol. The molecule has 6 aliphatic carbocycles. The van der Waals surface area contributed by atoms with E-state index in [4.69, 9.17) is 9.47 Å². The van der Waals surface area contributed by atoms with Gasteiger partial charge in [0.25, 0.3) is 0 Å². The minimum Gasteiger partial charge on any atom is -0.456 e. The van der Waals surface area contributed by atoms with Crippen LogP contribution < -0.4 is 0 Å². The van der Waals surface area contributed by atoms with Gasteiger partial charge in [-0.2, -0.15) is 0 Å². The highest BCUT2D eigenvalue weighted by Gasteiger charge is 2.61. The Bertz CT molecular complexity index is 668. The maximum atomic E-state index is 12.8. The van der Waals surface area contributed by atoms with Gasteiger partial charge in [-0.25, -0.2) is 4.79 Å². The van der Waals surface area contributed by atoms with Gasteiger partial charge in [0.15, 0.2) is 6.61 Å². The Morgan fingerprint density at radius 3 is 2.03 bits per heavy atom. The second kappa shape index (κ2) is 7.13. The van der Waals surface area contributed by atoms with Crippen LogP contribution in [0.2, 0.25) is 0 Å². The lowest BCUT2D eigenvalue weighted by atomic mass is 9.44. The van der Waals surface area contributed by atoms with Crippen molar-refractivity contribution in [2.24, 2.45) is 40.9 Å². The molecular formula is C25H36O4. The van der Waals surface area contributed by atoms with Gasteiger partial charge in [-0.05, 0) is 93.8 Å². The Morgan fingerprint density at radius 1 is 0.931 bits per heavy atom. The van der Waals surface area contributed by atoms with E-state index in [-0.39, 0.29) is 29.9 Å². The predicted octanol–water partition coefficient (Wildman–Crippen LogP) is 5.06. The van der Waals surface area contributed by atoms with Gasteiger partial charge in [-0.1, -0.05) is 26.0 Å². The molecule has 160 valence electrons. The number of hydrogen-bond donors (Lipinski definition) is 0. The number of hydrogen-bond acceptors (Lipinski definition) is 4. The molecule has 0 aromatic carbocycles. The number of rotatable bonds is 7. The predicted molar refractivity (Wildman–Crippen MR) is 110 cm³/mol. The van der Waals surface area contributed by atoms with Gasteiger partial charge in [-0.15, -0.1) is 0 Å². The van der Waals surface area contributed by atoms with Crippen LogP contribution in [-0.2, 0) is 19.1 Å². The average Bonchev–Trinajstić information content (AvgIpc) is 3.33. The van der Waals surface area contributed by atoms with Crippen LogP contribution in [0, 0.1) is 40.9 Å². The normalized spacial score (nSPS) is 41.7. The van der Waals surface area contributed by atoms with Crippen LogP contribution in [0.5, 0.6) is 0 Å². The van der Waals surface area contributed by atoms with Crippen LogP contribution in [0.25, 0.3) is 0 Å². The number of carbonyl (C=O) groups is 2. The summed E-state index contributed by atoms with van der Waals surface area (Å²) in [6.45, 7) is 4.11. The molecule has 0 radical (unpaired) electrons. The fourth-order valence-corrected chi connectivity index (χ4v) is 8.46. The van der Waals surface area contributed by atoms with E-state index in [2.05, 4.69) is 26.0 Å². The molecule has 4 heteroatoms. The molecule has 0 aromatic rings. The minimum atomic E-state index is -0.401. The first-order valence-electron chi connectivity index (χ1n) is 12.0. The summed E-state index contributed by atoms with van der Waals surface area (Å²) < 4.78 is 11.7. The van der Waals surface area contributed by atoms with Gasteiger partial charge in [0.1, 0.15) is 5.60 Å². The molecule has 0 aliphatic heterocycles. The summed E-state index contributed by atoms with van der Waals surface area (Å²) >= 11 is 0. The molecule has 6 rings (SSSR count). The third kappa shape index (κ3) is 3.16. The molecule has 0 aromatic heterocycles. The van der Waals surface area contributed by atoms with Gasteiger partial charge >= 0.3 is 11.9 Å². The van der Waals surface area contributed by atoms with Crippen molar-refractivity contribution in [2.75, 3.05) is 6.61 Å². The van der Waals surface area contributed by atoms with E-state index in [1.807, 2.05) is 0 Å². The number of carbonyl (C=O) groups excluding carboxylic acids is 2. The van der Waals surface area contributed by atoms with E-state index < -0.39 is 5.60 Å². The Morgan fingerprint density at radius 2 is 1.55 bits per heavy atom. The second-order valence-electron chi connectivity index (χ2n) is 10.9. The molecule has 29 heavy (non-hydrogen) atoms. The van der Waals surface area contributed by atoms with E-state index in [0.29, 0.717) is 11.8 Å². The molecule has 3 atom stereocenters. The Balaban J connectivity index is 1.24. The van der Waals surface area contributed by atoms with Crippen LogP contribution in [0.4, 0.5) is 0 Å². The number of allylic oxidation sites excluding steroid dienone is 2. The van der Waals surface area contributed by atoms with Gasteiger partial charge in [0.05, 0.1) is 5.92 Å². The fraction of sp³-hybridized carbons (Fsp3) is 0.840. The summed E-state index contributed by atoms with van der Waals surface area (Å²) in [6.07, 6.45) is 15.8. The molecule has 0 N–H and O–H groups in total. The maximum absolute atomic E-state index is 12.8. The lowest BCUT2D eigenvalue weighted by Crippen LogP contribution is -2.59. The standard InChI is InChI=1S/C25H36O4/c1-3-25(4-2,24-12-17-7-18(13-24)9-19(8-17)14-24)29-22(26)15-28-23(27)21-11-16-5-6-20(21)10-16/h5-6,16-21H,3-4,7-15H2,1-2H3. The van der Waals surface area contributed by atoms with E-state index >= 15 is 0 Å². The first-order chi connectivity index (χ1) is 14.0. The largest absolute Gasteiger partial charge is 0.456 e. The quantitative estimate of drug-likeness (QED) is 0.443. The van der Waals surface area contributed by atoms with Gasteiger partial charge in [-0.3, -0.25) is 4.79 Å². The third-order valence-corrected chi connectivity index (χ3v) is 9.37. The smallest absolute Gasteiger partial charge is 0.344 e. The number of esters is 2. The van der Waals surface area contributed by atoms with Crippen LogP contribution in [-0.4, -0.2) is 24.1 Å². The summed E-state index contributed by atoms with van der Waals surface area (Å²) in [7, 11) is 0. The SMILES string of the molecule is CCC(CC)(OC(=O)COC(=O)C1CC2C=CC1C2)C12CC3CC(CC(C3)C1)C2. The molecule has 5 fully saturated rings. The summed E-state index contributed by atoms with van der Waals surface area (Å²) in [6, 6.07) is 0. The zero-order chi connectivity index (χ0) is 20.2. The highest BCUT2D eigenvalue weighted by atomic mass is 16.6. The Hall–Kier alpha value is -1.32. The highest BCUT2D eigenvalue weighted by Crippen LogP contribution is 2.65. The summed E-state index contributed by atoms with van der Waals surface area (Å²) in [5, 5.41) is 0. The molecular weight excluding hydrogens is 364 g/mol. The van der Waals surface area contributed by atoms with E-state index in [1.54, 1.807) is 0 Å². The van der Waals surface area contributed by atoms with Crippen LogP contribution in [0.1, 0.15) is 78.1 Å². The van der Waals surface area contributed by atoms with Crippen molar-refractivity contribution in [3.63, 3.8) is 0 Å². The molecule has 6 bridgehead atoms. The first kappa shape index (κ1) is 19.6. The zero-order valence-electron chi connectivity index (χ0n) is 18.0. The minimum absolute atomic E-state index is 0.0666. The molecule has 0 saturated heterocycles. The van der Waals surface area contributed by atoms with Crippen molar-refractivity contribution in [1.29, 1.82) is 0 Å². The molecule has 0 heterocycles. The summed E-state index contributed by atoms with van der Waals surface area (Å²) in [4.78, 5) is 25.3. The maximum Gasteiger partial charge on any atom is 0.344 e. The zero-order valence-corrected chi connectivity index (χ0v) is 18.0. The van der Waals surface area contributed by atoms with Crippen LogP contribution in [0.3, 0.4) is 0 Å². The summed E-state index contributed by atoms with van der Waals surface area (Å²) in [5.74, 6) is 2.66. The molecule has 4 nitrogen and oxygen atoms in total. The topological polar surface area (TPSA) is 52.6 Å².